The second-order valence-corrected chi connectivity index (χ2v) is 6.04. The number of methoxy groups -OCH3 is 1. The zero-order valence-corrected chi connectivity index (χ0v) is 15.0. The van der Waals surface area contributed by atoms with Gasteiger partial charge in [-0.25, -0.2) is 13.5 Å². The average Bonchev–Trinajstić information content (AvgIpc) is 3.14. The Bertz CT molecular complexity index is 957. The van der Waals surface area contributed by atoms with Crippen molar-refractivity contribution in [2.24, 2.45) is 0 Å². The molecule has 0 bridgehead atoms. The van der Waals surface area contributed by atoms with Crippen molar-refractivity contribution in [1.29, 1.82) is 0 Å². The van der Waals surface area contributed by atoms with E-state index in [1.54, 1.807) is 24.3 Å². The van der Waals surface area contributed by atoms with Crippen LogP contribution in [0.3, 0.4) is 0 Å². The van der Waals surface area contributed by atoms with E-state index in [4.69, 9.17) is 4.74 Å². The van der Waals surface area contributed by atoms with Crippen LogP contribution in [0, 0.1) is 11.6 Å². The number of aliphatic hydroxyl groups excluding tert-OH is 1. The second kappa shape index (κ2) is 8.57. The second-order valence-electron chi connectivity index (χ2n) is 6.04. The molecule has 1 atom stereocenters. The Morgan fingerprint density at radius 1 is 1.25 bits per heavy atom. The Balaban J connectivity index is 1.62. The smallest absolute Gasteiger partial charge is 0.273 e. The number of aromatic nitrogens is 3. The fraction of sp³-hybridized carbons (Fsp3) is 0.211. The van der Waals surface area contributed by atoms with Gasteiger partial charge in [0.25, 0.3) is 5.91 Å². The molecule has 3 aromatic rings. The molecule has 3 rings (SSSR count). The van der Waals surface area contributed by atoms with E-state index in [9.17, 15) is 18.7 Å². The number of para-hydroxylation sites is 1. The Hall–Kier alpha value is -3.33. The molecule has 0 unspecified atom stereocenters. The lowest BCUT2D eigenvalue weighted by molar-refractivity contribution is 0.0945. The third-order valence-electron chi connectivity index (χ3n) is 4.00. The van der Waals surface area contributed by atoms with Gasteiger partial charge >= 0.3 is 0 Å². The van der Waals surface area contributed by atoms with Crippen molar-refractivity contribution in [2.75, 3.05) is 7.11 Å². The number of hydrogen-bond acceptors (Lipinski definition) is 5. The number of nitrogens with one attached hydrogen (secondary N) is 1. The third kappa shape index (κ3) is 4.68. The molecule has 0 spiro atoms. The van der Waals surface area contributed by atoms with Crippen molar-refractivity contribution in [3.63, 3.8) is 0 Å². The van der Waals surface area contributed by atoms with Crippen LogP contribution in [0.15, 0.2) is 48.7 Å². The molecule has 1 amide bonds. The summed E-state index contributed by atoms with van der Waals surface area (Å²) in [5, 5.41) is 20.5. The van der Waals surface area contributed by atoms with Crippen molar-refractivity contribution in [2.45, 2.75) is 19.2 Å². The zero-order chi connectivity index (χ0) is 20.1. The Kier molecular flexibility index (Phi) is 5.95. The number of rotatable bonds is 7. The number of carbonyl (C=O) groups excluding carboxylic acids is 1. The molecule has 0 saturated carbocycles. The normalized spacial score (nSPS) is 11.9. The first-order valence-corrected chi connectivity index (χ1v) is 8.40. The van der Waals surface area contributed by atoms with Crippen LogP contribution >= 0.6 is 0 Å². The number of halogens is 2. The van der Waals surface area contributed by atoms with E-state index in [2.05, 4.69) is 15.6 Å². The minimum Gasteiger partial charge on any atom is -0.496 e. The number of ether oxygens (including phenoxy) is 1. The molecule has 1 aromatic heterocycles. The number of aliphatic hydroxyl groups is 1. The maximum absolute atomic E-state index is 13.2. The van der Waals surface area contributed by atoms with E-state index in [1.165, 1.54) is 18.0 Å². The maximum atomic E-state index is 13.2. The van der Waals surface area contributed by atoms with Crippen LogP contribution < -0.4 is 10.1 Å². The summed E-state index contributed by atoms with van der Waals surface area (Å²) in [5.41, 5.74) is 0.883. The quantitative estimate of drug-likeness (QED) is 0.648. The van der Waals surface area contributed by atoms with Gasteiger partial charge in [0.15, 0.2) is 5.69 Å². The molecule has 2 N–H and O–H groups in total. The van der Waals surface area contributed by atoms with Gasteiger partial charge in [-0.05, 0) is 23.8 Å². The van der Waals surface area contributed by atoms with Gasteiger partial charge in [0.1, 0.15) is 23.5 Å². The summed E-state index contributed by atoms with van der Waals surface area (Å²) in [6, 6.07) is 10.0. The van der Waals surface area contributed by atoms with Crippen molar-refractivity contribution in [1.82, 2.24) is 20.3 Å². The number of amides is 1. The molecule has 28 heavy (non-hydrogen) atoms. The summed E-state index contributed by atoms with van der Waals surface area (Å²) in [6.07, 6.45) is 0.462. The van der Waals surface area contributed by atoms with E-state index in [0.717, 1.165) is 18.2 Å². The SMILES string of the molecule is COc1ccccc1[C@H](O)Cn1cc(C(=O)NCc2cc(F)cc(F)c2)nn1. The maximum Gasteiger partial charge on any atom is 0.273 e. The average molecular weight is 388 g/mol. The predicted molar refractivity (Wildman–Crippen MR) is 95.5 cm³/mol. The van der Waals surface area contributed by atoms with Crippen molar-refractivity contribution >= 4 is 5.91 Å². The van der Waals surface area contributed by atoms with Crippen LogP contribution in [0.4, 0.5) is 8.78 Å². The molecule has 146 valence electrons. The van der Waals surface area contributed by atoms with E-state index in [-0.39, 0.29) is 24.3 Å². The van der Waals surface area contributed by atoms with Gasteiger partial charge in [0.05, 0.1) is 19.9 Å². The van der Waals surface area contributed by atoms with Gasteiger partial charge in [-0.1, -0.05) is 23.4 Å². The lowest BCUT2D eigenvalue weighted by Crippen LogP contribution is -2.23. The fourth-order valence-corrected chi connectivity index (χ4v) is 2.69. The van der Waals surface area contributed by atoms with Crippen molar-refractivity contribution in [3.05, 3.63) is 77.1 Å². The first-order chi connectivity index (χ1) is 13.5. The topological polar surface area (TPSA) is 89.3 Å². The molecule has 0 aliphatic carbocycles. The molecule has 0 aliphatic rings. The molecule has 7 nitrogen and oxygen atoms in total. The molecule has 0 saturated heterocycles. The summed E-state index contributed by atoms with van der Waals surface area (Å²) in [5.74, 6) is -1.46. The summed E-state index contributed by atoms with van der Waals surface area (Å²) < 4.78 is 32.9. The Morgan fingerprint density at radius 3 is 2.68 bits per heavy atom. The van der Waals surface area contributed by atoms with E-state index < -0.39 is 23.6 Å². The molecule has 0 aliphatic heterocycles. The van der Waals surface area contributed by atoms with Crippen LogP contribution in [-0.4, -0.2) is 33.1 Å². The van der Waals surface area contributed by atoms with Crippen molar-refractivity contribution in [3.8, 4) is 5.75 Å². The van der Waals surface area contributed by atoms with Crippen LogP contribution in [0.5, 0.6) is 5.75 Å². The first kappa shape index (κ1) is 19.4. The number of nitrogens with zero attached hydrogens (tertiary/aromatic N) is 3. The van der Waals surface area contributed by atoms with Crippen LogP contribution in [0.25, 0.3) is 0 Å². The van der Waals surface area contributed by atoms with E-state index in [0.29, 0.717) is 11.3 Å². The first-order valence-electron chi connectivity index (χ1n) is 8.40. The highest BCUT2D eigenvalue weighted by Crippen LogP contribution is 2.25. The Labute approximate surface area is 159 Å². The van der Waals surface area contributed by atoms with E-state index in [1.807, 2.05) is 0 Å². The van der Waals surface area contributed by atoms with Crippen LogP contribution in [0.1, 0.15) is 27.7 Å². The largest absolute Gasteiger partial charge is 0.496 e. The number of benzene rings is 2. The molecular formula is C19H18F2N4O3. The number of hydrogen-bond donors (Lipinski definition) is 2. The molecule has 9 heteroatoms. The number of carbonyl (C=O) groups is 1. The van der Waals surface area contributed by atoms with Gasteiger partial charge < -0.3 is 15.2 Å². The standard InChI is InChI=1S/C19H18F2N4O3/c1-28-18-5-3-2-4-15(18)17(26)11-25-10-16(23-24-25)19(27)22-9-12-6-13(20)8-14(21)7-12/h2-8,10,17,26H,9,11H2,1H3,(H,22,27)/t17-/m1/s1. The minimum atomic E-state index is -0.913. The summed E-state index contributed by atoms with van der Waals surface area (Å²) in [7, 11) is 1.51. The summed E-state index contributed by atoms with van der Waals surface area (Å²) in [6.45, 7) is -0.0000262. The predicted octanol–water partition coefficient (Wildman–Crippen LogP) is 2.23. The summed E-state index contributed by atoms with van der Waals surface area (Å²) >= 11 is 0. The monoisotopic (exact) mass is 388 g/mol. The molecule has 2 aromatic carbocycles. The van der Waals surface area contributed by atoms with Gasteiger partial charge in [-0.2, -0.15) is 0 Å². The highest BCUT2D eigenvalue weighted by molar-refractivity contribution is 5.91. The lowest BCUT2D eigenvalue weighted by atomic mass is 10.1. The van der Waals surface area contributed by atoms with Gasteiger partial charge in [-0.15, -0.1) is 5.10 Å². The minimum absolute atomic E-state index is 0.0177. The molecule has 0 radical (unpaired) electrons. The third-order valence-corrected chi connectivity index (χ3v) is 4.00. The molecule has 1 heterocycles. The van der Waals surface area contributed by atoms with Gasteiger partial charge in [0, 0.05) is 18.2 Å². The highest BCUT2D eigenvalue weighted by atomic mass is 19.1. The van der Waals surface area contributed by atoms with E-state index >= 15 is 0 Å². The lowest BCUT2D eigenvalue weighted by Gasteiger charge is -2.14. The van der Waals surface area contributed by atoms with Gasteiger partial charge in [-0.3, -0.25) is 4.79 Å². The van der Waals surface area contributed by atoms with Gasteiger partial charge in [0.2, 0.25) is 0 Å². The molecule has 0 fully saturated rings. The highest BCUT2D eigenvalue weighted by Gasteiger charge is 2.16. The van der Waals surface area contributed by atoms with Crippen molar-refractivity contribution < 1.29 is 23.4 Å². The Morgan fingerprint density at radius 2 is 1.96 bits per heavy atom. The molecular weight excluding hydrogens is 370 g/mol. The van der Waals surface area contributed by atoms with Crippen LogP contribution in [0.2, 0.25) is 0 Å². The fourth-order valence-electron chi connectivity index (χ4n) is 2.69. The zero-order valence-electron chi connectivity index (χ0n) is 15.0. The van der Waals surface area contributed by atoms with Crippen LogP contribution in [-0.2, 0) is 13.1 Å². The summed E-state index contributed by atoms with van der Waals surface area (Å²) in [4.78, 5) is 12.2.